The van der Waals surface area contributed by atoms with Crippen LogP contribution in [0.4, 0.5) is 23.2 Å². The lowest BCUT2D eigenvalue weighted by molar-refractivity contribution is -0.139. The SMILES string of the molecule is CNC(=O)[C@@H]1C[C@@H](Oc2nc3ccccc3n2C(C)C)CN1C(=O)[C@H](CCCCC/C=C\[C@@H]1C[C@@H]1C(=O)O)Nc1cc(F)cc(C(F)(F)F)c1. The molecule has 0 unspecified atom stereocenters. The Morgan fingerprint density at radius 3 is 2.54 bits per heavy atom. The lowest BCUT2D eigenvalue weighted by atomic mass is 10.0. The quantitative estimate of drug-likeness (QED) is 0.0929. The number of carboxylic acids is 1. The second-order valence-corrected chi connectivity index (χ2v) is 13.3. The molecule has 1 saturated heterocycles. The summed E-state index contributed by atoms with van der Waals surface area (Å²) in [6.07, 6.45) is 2.09. The molecule has 2 heterocycles. The number of alkyl halides is 3. The summed E-state index contributed by atoms with van der Waals surface area (Å²) in [4.78, 5) is 44.4. The molecule has 0 radical (unpaired) electrons. The van der Waals surface area contributed by atoms with Crippen molar-refractivity contribution in [1.82, 2.24) is 19.8 Å². The number of benzene rings is 2. The molecule has 10 nitrogen and oxygen atoms in total. The second kappa shape index (κ2) is 15.5. The number of hydrogen-bond donors (Lipinski definition) is 3. The molecule has 1 saturated carbocycles. The van der Waals surface area contributed by atoms with Gasteiger partial charge in [-0.1, -0.05) is 37.1 Å². The molecule has 2 fully saturated rings. The number of likely N-dealkylation sites (N-methyl/N-ethyl adjacent to an activating group) is 1. The van der Waals surface area contributed by atoms with E-state index in [9.17, 15) is 31.9 Å². The molecule has 0 spiro atoms. The number of aromatic nitrogens is 2. The van der Waals surface area contributed by atoms with Crippen molar-refractivity contribution in [3.05, 3.63) is 66.0 Å². The number of unbranched alkanes of at least 4 members (excludes halogenated alkanes) is 3. The van der Waals surface area contributed by atoms with E-state index in [0.29, 0.717) is 37.8 Å². The third-order valence-corrected chi connectivity index (χ3v) is 9.21. The van der Waals surface area contributed by atoms with Crippen molar-refractivity contribution in [1.29, 1.82) is 0 Å². The van der Waals surface area contributed by atoms with Gasteiger partial charge in [0, 0.05) is 25.2 Å². The van der Waals surface area contributed by atoms with Gasteiger partial charge in [0.05, 0.1) is 29.1 Å². The van der Waals surface area contributed by atoms with E-state index >= 15 is 0 Å². The number of fused-ring (bicyclic) bond motifs is 1. The fraction of sp³-hybridized carbons (Fsp3) is 0.500. The molecule has 1 aliphatic heterocycles. The van der Waals surface area contributed by atoms with Crippen LogP contribution in [0.15, 0.2) is 54.6 Å². The van der Waals surface area contributed by atoms with Gasteiger partial charge in [0.2, 0.25) is 11.8 Å². The zero-order valence-corrected chi connectivity index (χ0v) is 28.3. The van der Waals surface area contributed by atoms with Crippen LogP contribution in [0.3, 0.4) is 0 Å². The molecule has 5 atom stereocenters. The summed E-state index contributed by atoms with van der Waals surface area (Å²) in [7, 11) is 1.46. The topological polar surface area (TPSA) is 126 Å². The first-order valence-corrected chi connectivity index (χ1v) is 17.0. The average molecular weight is 702 g/mol. The number of allylic oxidation sites excluding steroid dienone is 2. The number of hydrogen-bond acceptors (Lipinski definition) is 6. The van der Waals surface area contributed by atoms with Gasteiger partial charge < -0.3 is 25.4 Å². The minimum Gasteiger partial charge on any atom is -0.481 e. The van der Waals surface area contributed by atoms with Gasteiger partial charge in [0.15, 0.2) is 0 Å². The fourth-order valence-electron chi connectivity index (χ4n) is 6.56. The predicted molar refractivity (Wildman–Crippen MR) is 179 cm³/mol. The fourth-order valence-corrected chi connectivity index (χ4v) is 6.56. The van der Waals surface area contributed by atoms with Gasteiger partial charge in [-0.2, -0.15) is 18.2 Å². The Morgan fingerprint density at radius 2 is 1.86 bits per heavy atom. The maximum atomic E-state index is 14.4. The maximum absolute atomic E-state index is 14.4. The summed E-state index contributed by atoms with van der Waals surface area (Å²) < 4.78 is 63.2. The highest BCUT2D eigenvalue weighted by Crippen LogP contribution is 2.40. The predicted octanol–water partition coefficient (Wildman–Crippen LogP) is 6.58. The molecular formula is C36H43F4N5O5. The smallest absolute Gasteiger partial charge is 0.416 e. The summed E-state index contributed by atoms with van der Waals surface area (Å²) in [5, 5.41) is 14.5. The summed E-state index contributed by atoms with van der Waals surface area (Å²) in [5.41, 5.74) is 0.210. The number of ether oxygens (including phenoxy) is 1. The van der Waals surface area contributed by atoms with Crippen molar-refractivity contribution in [2.45, 2.75) is 89.2 Å². The number of likely N-dealkylation sites (tertiary alicyclic amines) is 1. The van der Waals surface area contributed by atoms with Gasteiger partial charge in [-0.05, 0) is 75.8 Å². The molecule has 3 N–H and O–H groups in total. The van der Waals surface area contributed by atoms with E-state index in [1.165, 1.54) is 11.9 Å². The summed E-state index contributed by atoms with van der Waals surface area (Å²) in [6, 6.07) is 7.98. The largest absolute Gasteiger partial charge is 0.481 e. The van der Waals surface area contributed by atoms with Crippen LogP contribution in [0.25, 0.3) is 11.0 Å². The third kappa shape index (κ3) is 8.75. The van der Waals surface area contributed by atoms with E-state index in [1.54, 1.807) is 0 Å². The number of nitrogens with zero attached hydrogens (tertiary/aromatic N) is 3. The Kier molecular flexibility index (Phi) is 11.4. The van der Waals surface area contributed by atoms with Crippen LogP contribution >= 0.6 is 0 Å². The highest BCUT2D eigenvalue weighted by Gasteiger charge is 2.43. The Labute approximate surface area is 287 Å². The van der Waals surface area contributed by atoms with E-state index in [1.807, 2.05) is 54.8 Å². The number of imidazole rings is 1. The molecule has 14 heteroatoms. The Morgan fingerprint density at radius 1 is 1.10 bits per heavy atom. The third-order valence-electron chi connectivity index (χ3n) is 9.21. The summed E-state index contributed by atoms with van der Waals surface area (Å²) in [5.74, 6) is -3.11. The number of halogens is 4. The van der Waals surface area contributed by atoms with E-state index < -0.39 is 53.5 Å². The zero-order chi connectivity index (χ0) is 36.2. The molecule has 270 valence electrons. The van der Waals surface area contributed by atoms with E-state index in [-0.39, 0.29) is 43.0 Å². The average Bonchev–Trinajstić information content (AvgIpc) is 3.57. The number of aliphatic carboxylic acids is 1. The lowest BCUT2D eigenvalue weighted by Gasteiger charge is -2.29. The Bertz CT molecular complexity index is 1720. The summed E-state index contributed by atoms with van der Waals surface area (Å²) >= 11 is 0. The molecule has 3 aromatic rings. The van der Waals surface area contributed by atoms with E-state index in [0.717, 1.165) is 29.6 Å². The molecule has 1 aromatic heterocycles. The van der Waals surface area contributed by atoms with Crippen molar-refractivity contribution in [2.24, 2.45) is 11.8 Å². The number of nitrogens with one attached hydrogen (secondary N) is 2. The van der Waals surface area contributed by atoms with Gasteiger partial charge in [-0.3, -0.25) is 19.0 Å². The monoisotopic (exact) mass is 701 g/mol. The van der Waals surface area contributed by atoms with E-state index in [4.69, 9.17) is 9.84 Å². The van der Waals surface area contributed by atoms with Gasteiger partial charge in [0.1, 0.15) is 24.0 Å². The molecule has 0 bridgehead atoms. The van der Waals surface area contributed by atoms with Crippen LogP contribution in [0.2, 0.25) is 0 Å². The van der Waals surface area contributed by atoms with Crippen LogP contribution in [0.1, 0.15) is 70.4 Å². The van der Waals surface area contributed by atoms with Crippen molar-refractivity contribution < 1.29 is 41.8 Å². The number of para-hydroxylation sites is 2. The van der Waals surface area contributed by atoms with Crippen molar-refractivity contribution in [2.75, 3.05) is 18.9 Å². The maximum Gasteiger partial charge on any atom is 0.416 e. The van der Waals surface area contributed by atoms with Crippen LogP contribution < -0.4 is 15.4 Å². The molecule has 1 aliphatic carbocycles. The molecular weight excluding hydrogens is 658 g/mol. The van der Waals surface area contributed by atoms with E-state index in [2.05, 4.69) is 15.6 Å². The molecule has 2 amide bonds. The van der Waals surface area contributed by atoms with Crippen LogP contribution in [-0.2, 0) is 20.6 Å². The van der Waals surface area contributed by atoms with Crippen LogP contribution in [-0.4, -0.2) is 69.1 Å². The van der Waals surface area contributed by atoms with Crippen LogP contribution in [0.5, 0.6) is 6.01 Å². The molecule has 2 aromatic carbocycles. The molecule has 5 rings (SSSR count). The number of carbonyl (C=O) groups is 3. The van der Waals surface area contributed by atoms with Crippen LogP contribution in [0, 0.1) is 17.7 Å². The Balaban J connectivity index is 1.32. The second-order valence-electron chi connectivity index (χ2n) is 13.3. The normalized spacial score (nSPS) is 21.2. The van der Waals surface area contributed by atoms with Gasteiger partial charge in [-0.15, -0.1) is 0 Å². The zero-order valence-electron chi connectivity index (χ0n) is 28.3. The van der Waals surface area contributed by atoms with Crippen molar-refractivity contribution >= 4 is 34.5 Å². The Hall–Kier alpha value is -4.62. The summed E-state index contributed by atoms with van der Waals surface area (Å²) in [6.45, 7) is 4.00. The van der Waals surface area contributed by atoms with Gasteiger partial charge in [-0.25, -0.2) is 4.39 Å². The van der Waals surface area contributed by atoms with Gasteiger partial charge >= 0.3 is 12.1 Å². The highest BCUT2D eigenvalue weighted by atomic mass is 19.4. The lowest BCUT2D eigenvalue weighted by Crippen LogP contribution is -2.50. The number of rotatable bonds is 15. The van der Waals surface area contributed by atoms with Gasteiger partial charge in [0.25, 0.3) is 6.01 Å². The molecule has 2 aliphatic rings. The number of carbonyl (C=O) groups excluding carboxylic acids is 2. The molecule has 50 heavy (non-hydrogen) atoms. The minimum atomic E-state index is -4.80. The number of amides is 2. The van der Waals surface area contributed by atoms with Crippen molar-refractivity contribution in [3.63, 3.8) is 0 Å². The van der Waals surface area contributed by atoms with Crippen molar-refractivity contribution in [3.8, 4) is 6.01 Å². The number of anilines is 1. The number of carboxylic acid groups (broad SMARTS) is 1. The first-order chi connectivity index (χ1) is 23.8. The first kappa shape index (κ1) is 36.7. The highest BCUT2D eigenvalue weighted by molar-refractivity contribution is 5.91. The minimum absolute atomic E-state index is 0.00133. The standard InChI is InChI=1S/C36H43F4N5O5/c1-21(2)45-30-14-10-9-12-28(30)43-35(45)50-26-19-31(32(46)41-3)44(20-26)33(47)29(42-25-17-23(36(38,39)40)16-24(37)18-25)13-8-6-4-5-7-11-22-15-27(22)34(48)49/h7,9-12,14,16-18,21-22,26-27,29,31,42H,4-6,8,13,15,19-20H2,1-3H3,(H,41,46)(H,48,49)/b11-7-/t22-,26-,27+,29+,31+/m1/s1. The first-order valence-electron chi connectivity index (χ1n) is 17.0.